The van der Waals surface area contributed by atoms with Crippen molar-refractivity contribution in [1.82, 2.24) is 20.9 Å². The Morgan fingerprint density at radius 3 is 2.78 bits per heavy atom. The number of nitrogens with zero attached hydrogens (tertiary/aromatic N) is 1. The lowest BCUT2D eigenvalue weighted by Crippen LogP contribution is -2.60. The van der Waals surface area contributed by atoms with Crippen molar-refractivity contribution in [1.29, 1.82) is 0 Å². The molecule has 3 N–H and O–H groups in total. The van der Waals surface area contributed by atoms with Crippen LogP contribution in [0.25, 0.3) is 0 Å². The minimum Gasteiger partial charge on any atom is -0.359 e. The molecule has 0 aromatic heterocycles. The van der Waals surface area contributed by atoms with Gasteiger partial charge in [0.1, 0.15) is 0 Å². The Balaban J connectivity index is 2.03. The summed E-state index contributed by atoms with van der Waals surface area (Å²) in [5.41, 5.74) is 0. The molecule has 0 aromatic rings. The molecule has 102 valence electrons. The first-order valence-electron chi connectivity index (χ1n) is 6.67. The van der Waals surface area contributed by atoms with Gasteiger partial charge in [-0.25, -0.2) is 0 Å². The molecule has 1 atom stereocenters. The van der Waals surface area contributed by atoms with Gasteiger partial charge in [-0.1, -0.05) is 0 Å². The van der Waals surface area contributed by atoms with E-state index in [0.29, 0.717) is 12.6 Å². The van der Waals surface area contributed by atoms with E-state index >= 15 is 0 Å². The molecule has 2 rings (SSSR count). The predicted octanol–water partition coefficient (Wildman–Crippen LogP) is -1.33. The summed E-state index contributed by atoms with van der Waals surface area (Å²) in [6, 6.07) is 0.119. The molecule has 0 aromatic carbocycles. The third-order valence-electron chi connectivity index (χ3n) is 3.81. The summed E-state index contributed by atoms with van der Waals surface area (Å²) in [5.74, 6) is -0.0839. The van der Waals surface area contributed by atoms with E-state index in [2.05, 4.69) is 20.9 Å². The van der Waals surface area contributed by atoms with E-state index in [-0.39, 0.29) is 24.3 Å². The molecule has 0 bridgehead atoms. The smallest absolute Gasteiger partial charge is 0.237 e. The fraction of sp³-hybridized carbons (Fsp3) is 0.833. The minimum absolute atomic E-state index is 0.0108. The molecule has 0 saturated carbocycles. The van der Waals surface area contributed by atoms with Crippen LogP contribution >= 0.6 is 0 Å². The Bertz CT molecular complexity index is 315. The van der Waals surface area contributed by atoms with E-state index in [1.165, 1.54) is 0 Å². The van der Waals surface area contributed by atoms with Gasteiger partial charge in [-0.3, -0.25) is 14.5 Å². The predicted molar refractivity (Wildman–Crippen MR) is 68.1 cm³/mol. The van der Waals surface area contributed by atoms with Gasteiger partial charge in [0.25, 0.3) is 0 Å². The summed E-state index contributed by atoms with van der Waals surface area (Å²) in [7, 11) is 1.61. The molecular formula is C12H22N4O2. The average molecular weight is 254 g/mol. The lowest BCUT2D eigenvalue weighted by Gasteiger charge is -2.41. The van der Waals surface area contributed by atoms with Crippen molar-refractivity contribution < 1.29 is 9.59 Å². The first-order valence-corrected chi connectivity index (χ1v) is 6.67. The summed E-state index contributed by atoms with van der Waals surface area (Å²) in [6.07, 6.45) is 2.36. The number of carbonyl (C=O) groups excluding carboxylic acids is 2. The highest BCUT2D eigenvalue weighted by atomic mass is 16.2. The van der Waals surface area contributed by atoms with E-state index in [1.54, 1.807) is 7.05 Å². The number of hydrogen-bond acceptors (Lipinski definition) is 4. The normalized spacial score (nSPS) is 26.7. The van der Waals surface area contributed by atoms with Crippen molar-refractivity contribution in [3.05, 3.63) is 0 Å². The Labute approximate surface area is 107 Å². The maximum absolute atomic E-state index is 12.0. The van der Waals surface area contributed by atoms with E-state index in [4.69, 9.17) is 0 Å². The molecule has 1 unspecified atom stereocenters. The number of nitrogens with one attached hydrogen (secondary N) is 3. The molecule has 2 saturated heterocycles. The third kappa shape index (κ3) is 3.00. The number of hydrogen-bond donors (Lipinski definition) is 3. The highest BCUT2D eigenvalue weighted by Crippen LogP contribution is 2.19. The average Bonchev–Trinajstić information content (AvgIpc) is 2.42. The SMILES string of the molecule is CNC(=O)CC1C(=O)NCCN1C1CCNCC1. The van der Waals surface area contributed by atoms with Crippen molar-refractivity contribution >= 4 is 11.8 Å². The first-order chi connectivity index (χ1) is 8.72. The van der Waals surface area contributed by atoms with Crippen LogP contribution in [0, 0.1) is 0 Å². The van der Waals surface area contributed by atoms with Gasteiger partial charge >= 0.3 is 0 Å². The van der Waals surface area contributed by atoms with Crippen LogP contribution in [0.15, 0.2) is 0 Å². The van der Waals surface area contributed by atoms with Crippen LogP contribution in [0.3, 0.4) is 0 Å². The maximum Gasteiger partial charge on any atom is 0.237 e. The van der Waals surface area contributed by atoms with Gasteiger partial charge in [-0.2, -0.15) is 0 Å². The fourth-order valence-corrected chi connectivity index (χ4v) is 2.80. The van der Waals surface area contributed by atoms with Crippen molar-refractivity contribution in [2.24, 2.45) is 0 Å². The Morgan fingerprint density at radius 1 is 1.39 bits per heavy atom. The van der Waals surface area contributed by atoms with E-state index in [1.807, 2.05) is 0 Å². The van der Waals surface area contributed by atoms with Gasteiger partial charge in [-0.15, -0.1) is 0 Å². The van der Waals surface area contributed by atoms with Gasteiger partial charge < -0.3 is 16.0 Å². The molecule has 0 aliphatic carbocycles. The highest BCUT2D eigenvalue weighted by Gasteiger charge is 2.35. The standard InChI is InChI=1S/C12H22N4O2/c1-13-11(17)8-10-12(18)15-6-7-16(10)9-2-4-14-5-3-9/h9-10,14H,2-8H2,1H3,(H,13,17)(H,15,18). The first kappa shape index (κ1) is 13.3. The summed E-state index contributed by atoms with van der Waals surface area (Å²) < 4.78 is 0. The second-order valence-electron chi connectivity index (χ2n) is 4.90. The largest absolute Gasteiger partial charge is 0.359 e. The van der Waals surface area contributed by atoms with E-state index in [9.17, 15) is 9.59 Å². The summed E-state index contributed by atoms with van der Waals surface area (Å²) in [5, 5.41) is 8.78. The molecular weight excluding hydrogens is 232 g/mol. The van der Waals surface area contributed by atoms with Crippen molar-refractivity contribution in [3.8, 4) is 0 Å². The molecule has 6 heteroatoms. The quantitative estimate of drug-likeness (QED) is 0.584. The van der Waals surface area contributed by atoms with E-state index < -0.39 is 0 Å². The molecule has 0 spiro atoms. The van der Waals surface area contributed by atoms with Crippen LogP contribution < -0.4 is 16.0 Å². The zero-order valence-electron chi connectivity index (χ0n) is 10.9. The molecule has 0 radical (unpaired) electrons. The molecule has 2 heterocycles. The topological polar surface area (TPSA) is 73.5 Å². The lowest BCUT2D eigenvalue weighted by molar-refractivity contribution is -0.135. The molecule has 2 aliphatic heterocycles. The zero-order chi connectivity index (χ0) is 13.0. The third-order valence-corrected chi connectivity index (χ3v) is 3.81. The highest BCUT2D eigenvalue weighted by molar-refractivity contribution is 5.88. The van der Waals surface area contributed by atoms with Gasteiger partial charge in [0.2, 0.25) is 11.8 Å². The second-order valence-corrected chi connectivity index (χ2v) is 4.90. The van der Waals surface area contributed by atoms with Crippen molar-refractivity contribution in [2.45, 2.75) is 31.3 Å². The maximum atomic E-state index is 12.0. The second kappa shape index (κ2) is 6.15. The molecule has 6 nitrogen and oxygen atoms in total. The van der Waals surface area contributed by atoms with Crippen LogP contribution in [0.5, 0.6) is 0 Å². The summed E-state index contributed by atoms with van der Waals surface area (Å²) in [6.45, 7) is 3.52. The van der Waals surface area contributed by atoms with Crippen LogP contribution in [0.4, 0.5) is 0 Å². The molecule has 18 heavy (non-hydrogen) atoms. The number of rotatable bonds is 3. The Hall–Kier alpha value is -1.14. The van der Waals surface area contributed by atoms with Crippen molar-refractivity contribution in [2.75, 3.05) is 33.2 Å². The van der Waals surface area contributed by atoms with E-state index in [0.717, 1.165) is 32.5 Å². The van der Waals surface area contributed by atoms with Gasteiger partial charge in [0, 0.05) is 26.2 Å². The van der Waals surface area contributed by atoms with Gasteiger partial charge in [-0.05, 0) is 25.9 Å². The van der Waals surface area contributed by atoms with Crippen LogP contribution in [0.2, 0.25) is 0 Å². The molecule has 2 aliphatic rings. The Kier molecular flexibility index (Phi) is 4.54. The minimum atomic E-state index is -0.304. The summed E-state index contributed by atoms with van der Waals surface area (Å²) >= 11 is 0. The lowest BCUT2D eigenvalue weighted by atomic mass is 9.99. The Morgan fingerprint density at radius 2 is 2.11 bits per heavy atom. The van der Waals surface area contributed by atoms with Crippen molar-refractivity contribution in [3.63, 3.8) is 0 Å². The van der Waals surface area contributed by atoms with Gasteiger partial charge in [0.15, 0.2) is 0 Å². The summed E-state index contributed by atoms with van der Waals surface area (Å²) in [4.78, 5) is 25.7. The fourth-order valence-electron chi connectivity index (χ4n) is 2.80. The van der Waals surface area contributed by atoms with Crippen LogP contribution in [-0.4, -0.2) is 62.0 Å². The molecule has 2 fully saturated rings. The monoisotopic (exact) mass is 254 g/mol. The molecule has 2 amide bonds. The van der Waals surface area contributed by atoms with Crippen LogP contribution in [-0.2, 0) is 9.59 Å². The number of amides is 2. The zero-order valence-corrected chi connectivity index (χ0v) is 10.9. The van der Waals surface area contributed by atoms with Gasteiger partial charge in [0.05, 0.1) is 12.5 Å². The number of piperidine rings is 1. The number of piperazine rings is 1. The van der Waals surface area contributed by atoms with Crippen LogP contribution in [0.1, 0.15) is 19.3 Å². The number of carbonyl (C=O) groups is 2.